The number of hydrogen-bond acceptors (Lipinski definition) is 1. The number of carbonyl (C=O) groups is 1. The average molecular weight is 424 g/mol. The summed E-state index contributed by atoms with van der Waals surface area (Å²) in [5, 5.41) is 3.49. The first-order valence-electron chi connectivity index (χ1n) is 10.6. The lowest BCUT2D eigenvalue weighted by atomic mass is 9.72. The topological polar surface area (TPSA) is 29.1 Å². The Kier molecular flexibility index (Phi) is 8.49. The number of aryl methyl sites for hydroxylation is 1. The second-order valence-electron chi connectivity index (χ2n) is 8.88. The predicted molar refractivity (Wildman–Crippen MR) is 131 cm³/mol. The summed E-state index contributed by atoms with van der Waals surface area (Å²) < 4.78 is 0. The van der Waals surface area contributed by atoms with Gasteiger partial charge in [0.05, 0.1) is 0 Å². The van der Waals surface area contributed by atoms with Gasteiger partial charge in [-0.05, 0) is 81.2 Å². The maximum atomic E-state index is 12.2. The first kappa shape index (κ1) is 24.0. The van der Waals surface area contributed by atoms with Crippen LogP contribution in [-0.2, 0) is 4.79 Å². The fourth-order valence-corrected chi connectivity index (χ4v) is 3.92. The smallest absolute Gasteiger partial charge is 0.248 e. The number of benzene rings is 1. The van der Waals surface area contributed by atoms with E-state index in [1.165, 1.54) is 36.0 Å². The number of anilines is 1. The summed E-state index contributed by atoms with van der Waals surface area (Å²) in [4.78, 5) is 12.2. The van der Waals surface area contributed by atoms with E-state index in [1.54, 1.807) is 12.1 Å². The molecule has 0 saturated heterocycles. The van der Waals surface area contributed by atoms with Crippen LogP contribution in [-0.4, -0.2) is 5.91 Å². The molecule has 0 atom stereocenters. The number of amides is 1. The number of carbonyl (C=O) groups excluding carboxylic acids is 1. The van der Waals surface area contributed by atoms with E-state index in [1.807, 2.05) is 38.1 Å². The Hall–Kier alpha value is -2.32. The third-order valence-corrected chi connectivity index (χ3v) is 5.98. The molecule has 0 aromatic heterocycles. The van der Waals surface area contributed by atoms with E-state index in [2.05, 4.69) is 51.2 Å². The van der Waals surface area contributed by atoms with Gasteiger partial charge in [-0.3, -0.25) is 4.79 Å². The molecule has 1 N–H and O–H groups in total. The Morgan fingerprint density at radius 3 is 2.53 bits per heavy atom. The lowest BCUT2D eigenvalue weighted by Crippen LogP contribution is -2.19. The predicted octanol–water partition coefficient (Wildman–Crippen LogP) is 8.12. The highest BCUT2D eigenvalue weighted by atomic mass is 35.5. The van der Waals surface area contributed by atoms with E-state index >= 15 is 0 Å². The minimum absolute atomic E-state index is 0.167. The summed E-state index contributed by atoms with van der Waals surface area (Å²) in [6.07, 6.45) is 15.8. The molecule has 2 rings (SSSR count). The SMILES string of the molecule is CC1=C(/C=C/C(C)=C/C=C/C(C)=C/C(=O)Nc2ccc(C)c(Cl)c2)C(C)(C)CCC1. The van der Waals surface area contributed by atoms with Crippen LogP contribution in [0.1, 0.15) is 59.4 Å². The summed E-state index contributed by atoms with van der Waals surface area (Å²) >= 11 is 6.11. The van der Waals surface area contributed by atoms with Crippen LogP contribution >= 0.6 is 11.6 Å². The zero-order valence-corrected chi connectivity index (χ0v) is 19.9. The highest BCUT2D eigenvalue weighted by Gasteiger charge is 2.26. The molecule has 160 valence electrons. The van der Waals surface area contributed by atoms with Gasteiger partial charge in [-0.15, -0.1) is 0 Å². The molecule has 0 radical (unpaired) electrons. The van der Waals surface area contributed by atoms with E-state index in [-0.39, 0.29) is 11.3 Å². The standard InChI is InChI=1S/C27H34ClNO/c1-19(12-15-24-21(3)11-8-16-27(24,5)6)9-7-10-20(2)17-26(30)29-23-14-13-22(4)25(28)18-23/h7,9-10,12-15,17-18H,8,11,16H2,1-6H3,(H,29,30)/b10-7+,15-12+,19-9+,20-17+. The van der Waals surface area contributed by atoms with Gasteiger partial charge >= 0.3 is 0 Å². The van der Waals surface area contributed by atoms with Crippen LogP contribution in [0.25, 0.3) is 0 Å². The van der Waals surface area contributed by atoms with Crippen molar-refractivity contribution in [3.8, 4) is 0 Å². The summed E-state index contributed by atoms with van der Waals surface area (Å²) in [5.41, 5.74) is 6.97. The number of hydrogen-bond donors (Lipinski definition) is 1. The van der Waals surface area contributed by atoms with Crippen LogP contribution in [0.2, 0.25) is 5.02 Å². The molecule has 1 amide bonds. The summed E-state index contributed by atoms with van der Waals surface area (Å²) in [7, 11) is 0. The average Bonchev–Trinajstić information content (AvgIpc) is 2.63. The van der Waals surface area contributed by atoms with Crippen molar-refractivity contribution >= 4 is 23.2 Å². The summed E-state index contributed by atoms with van der Waals surface area (Å²) in [6.45, 7) is 12.9. The van der Waals surface area contributed by atoms with Crippen LogP contribution in [0.15, 0.2) is 76.9 Å². The molecule has 1 aromatic rings. The van der Waals surface area contributed by atoms with Crippen LogP contribution in [0.3, 0.4) is 0 Å². The molecule has 0 heterocycles. The summed E-state index contributed by atoms with van der Waals surface area (Å²) in [6, 6.07) is 5.50. The minimum Gasteiger partial charge on any atom is -0.322 e. The molecule has 0 saturated carbocycles. The van der Waals surface area contributed by atoms with Gasteiger partial charge in [0.1, 0.15) is 0 Å². The Balaban J connectivity index is 1.97. The normalized spacial score (nSPS) is 17.8. The second-order valence-corrected chi connectivity index (χ2v) is 9.28. The maximum Gasteiger partial charge on any atom is 0.248 e. The van der Waals surface area contributed by atoms with Crippen LogP contribution in [0, 0.1) is 12.3 Å². The van der Waals surface area contributed by atoms with E-state index < -0.39 is 0 Å². The van der Waals surface area contributed by atoms with Crippen LogP contribution in [0.5, 0.6) is 0 Å². The first-order valence-corrected chi connectivity index (χ1v) is 10.9. The van der Waals surface area contributed by atoms with Crippen molar-refractivity contribution in [2.24, 2.45) is 5.41 Å². The molecular formula is C27H34ClNO. The van der Waals surface area contributed by atoms with Crippen molar-refractivity contribution in [3.05, 3.63) is 87.5 Å². The number of nitrogens with one attached hydrogen (secondary N) is 1. The molecule has 3 heteroatoms. The van der Waals surface area contributed by atoms with Gasteiger partial charge in [0, 0.05) is 16.8 Å². The number of allylic oxidation sites excluding steroid dienone is 9. The lowest BCUT2D eigenvalue weighted by Gasteiger charge is -2.32. The fourth-order valence-electron chi connectivity index (χ4n) is 3.74. The van der Waals surface area contributed by atoms with Crippen molar-refractivity contribution in [1.82, 2.24) is 0 Å². The molecule has 30 heavy (non-hydrogen) atoms. The van der Waals surface area contributed by atoms with E-state index in [9.17, 15) is 4.79 Å². The molecule has 0 spiro atoms. The Morgan fingerprint density at radius 1 is 1.13 bits per heavy atom. The van der Waals surface area contributed by atoms with E-state index in [4.69, 9.17) is 11.6 Å². The molecule has 2 nitrogen and oxygen atoms in total. The zero-order valence-electron chi connectivity index (χ0n) is 19.1. The van der Waals surface area contributed by atoms with Crippen molar-refractivity contribution < 1.29 is 4.79 Å². The minimum atomic E-state index is -0.167. The molecule has 0 aliphatic heterocycles. The van der Waals surface area contributed by atoms with Crippen molar-refractivity contribution in [1.29, 1.82) is 0 Å². The second kappa shape index (κ2) is 10.6. The Labute approximate surface area is 187 Å². The zero-order chi connectivity index (χ0) is 22.3. The molecule has 1 aromatic carbocycles. The number of halogens is 1. The Morgan fingerprint density at radius 2 is 1.87 bits per heavy atom. The monoisotopic (exact) mass is 423 g/mol. The highest BCUT2D eigenvalue weighted by molar-refractivity contribution is 6.31. The molecule has 0 bridgehead atoms. The highest BCUT2D eigenvalue weighted by Crippen LogP contribution is 2.40. The van der Waals surface area contributed by atoms with Gasteiger partial charge in [0.25, 0.3) is 0 Å². The number of rotatable bonds is 6. The maximum absolute atomic E-state index is 12.2. The molecular weight excluding hydrogens is 390 g/mol. The Bertz CT molecular complexity index is 942. The molecule has 1 aliphatic rings. The quantitative estimate of drug-likeness (QED) is 0.363. The van der Waals surface area contributed by atoms with Crippen molar-refractivity contribution in [2.75, 3.05) is 5.32 Å². The summed E-state index contributed by atoms with van der Waals surface area (Å²) in [5.74, 6) is -0.167. The van der Waals surface area contributed by atoms with Gasteiger partial charge in [-0.2, -0.15) is 0 Å². The molecule has 0 fully saturated rings. The van der Waals surface area contributed by atoms with Crippen LogP contribution in [0.4, 0.5) is 5.69 Å². The van der Waals surface area contributed by atoms with Crippen molar-refractivity contribution in [2.45, 2.75) is 60.8 Å². The third-order valence-electron chi connectivity index (χ3n) is 5.57. The van der Waals surface area contributed by atoms with Gasteiger partial charge in [0.2, 0.25) is 5.91 Å². The molecule has 1 aliphatic carbocycles. The largest absolute Gasteiger partial charge is 0.322 e. The van der Waals surface area contributed by atoms with E-state index in [0.29, 0.717) is 10.7 Å². The lowest BCUT2D eigenvalue weighted by molar-refractivity contribution is -0.111. The van der Waals surface area contributed by atoms with Gasteiger partial charge < -0.3 is 5.32 Å². The fraction of sp³-hybridized carbons (Fsp3) is 0.370. The van der Waals surface area contributed by atoms with Gasteiger partial charge in [0.15, 0.2) is 0 Å². The third kappa shape index (κ3) is 7.18. The first-order chi connectivity index (χ1) is 14.1. The molecule has 0 unspecified atom stereocenters. The van der Waals surface area contributed by atoms with Gasteiger partial charge in [-0.1, -0.05) is 73.0 Å². The van der Waals surface area contributed by atoms with Crippen LogP contribution < -0.4 is 5.32 Å². The van der Waals surface area contributed by atoms with Crippen molar-refractivity contribution in [3.63, 3.8) is 0 Å². The van der Waals surface area contributed by atoms with Gasteiger partial charge in [-0.25, -0.2) is 0 Å². The van der Waals surface area contributed by atoms with E-state index in [0.717, 1.165) is 11.1 Å².